The molecule has 0 saturated carbocycles. The molecule has 1 atom stereocenters. The summed E-state index contributed by atoms with van der Waals surface area (Å²) < 4.78 is 0. The van der Waals surface area contributed by atoms with Gasteiger partial charge in [0.25, 0.3) is 0 Å². The lowest BCUT2D eigenvalue weighted by molar-refractivity contribution is 0.520. The first-order valence-corrected chi connectivity index (χ1v) is 8.71. The minimum absolute atomic E-state index is 0.240. The third kappa shape index (κ3) is 5.58. The SMILES string of the molecule is CCCNC(CCSC)c1ccc(C(C)(C)C)cc1. The Labute approximate surface area is 123 Å². The molecular weight excluding hydrogens is 250 g/mol. The zero-order valence-corrected chi connectivity index (χ0v) is 13.9. The molecule has 1 unspecified atom stereocenters. The van der Waals surface area contributed by atoms with Crippen molar-refractivity contribution in [3.8, 4) is 0 Å². The first kappa shape index (κ1) is 16.6. The third-order valence-corrected chi connectivity index (χ3v) is 4.07. The van der Waals surface area contributed by atoms with Crippen LogP contribution >= 0.6 is 11.8 Å². The second-order valence-electron chi connectivity index (χ2n) is 6.16. The zero-order chi connectivity index (χ0) is 14.3. The molecule has 0 aliphatic rings. The molecule has 0 spiro atoms. The second-order valence-corrected chi connectivity index (χ2v) is 7.15. The van der Waals surface area contributed by atoms with Crippen molar-refractivity contribution in [3.63, 3.8) is 0 Å². The number of nitrogens with one attached hydrogen (secondary N) is 1. The summed E-state index contributed by atoms with van der Waals surface area (Å²) in [6, 6.07) is 9.67. The quantitative estimate of drug-likeness (QED) is 0.771. The molecule has 0 bridgehead atoms. The van der Waals surface area contributed by atoms with Gasteiger partial charge in [-0.05, 0) is 47.9 Å². The minimum atomic E-state index is 0.240. The van der Waals surface area contributed by atoms with Crippen molar-refractivity contribution < 1.29 is 0 Å². The molecule has 0 aromatic heterocycles. The fraction of sp³-hybridized carbons (Fsp3) is 0.647. The van der Waals surface area contributed by atoms with Gasteiger partial charge < -0.3 is 5.32 Å². The molecule has 1 rings (SSSR count). The average Bonchev–Trinajstić information content (AvgIpc) is 2.38. The molecule has 0 amide bonds. The number of thioether (sulfide) groups is 1. The van der Waals surface area contributed by atoms with Crippen LogP contribution < -0.4 is 5.32 Å². The van der Waals surface area contributed by atoms with Crippen LogP contribution in [0, 0.1) is 0 Å². The van der Waals surface area contributed by atoms with E-state index in [9.17, 15) is 0 Å². The van der Waals surface area contributed by atoms with Crippen LogP contribution in [0.15, 0.2) is 24.3 Å². The van der Waals surface area contributed by atoms with E-state index < -0.39 is 0 Å². The summed E-state index contributed by atoms with van der Waals surface area (Å²) >= 11 is 1.93. The van der Waals surface area contributed by atoms with Gasteiger partial charge in [-0.2, -0.15) is 11.8 Å². The molecule has 0 radical (unpaired) electrons. The summed E-state index contributed by atoms with van der Waals surface area (Å²) in [5.74, 6) is 1.21. The number of rotatable bonds is 7. The van der Waals surface area contributed by atoms with Gasteiger partial charge in [-0.3, -0.25) is 0 Å². The van der Waals surface area contributed by atoms with E-state index in [1.807, 2.05) is 11.8 Å². The first-order valence-electron chi connectivity index (χ1n) is 7.31. The van der Waals surface area contributed by atoms with Crippen LogP contribution in [0.3, 0.4) is 0 Å². The highest BCUT2D eigenvalue weighted by Gasteiger charge is 2.15. The summed E-state index contributed by atoms with van der Waals surface area (Å²) in [6.45, 7) is 10.1. The Morgan fingerprint density at radius 2 is 1.79 bits per heavy atom. The monoisotopic (exact) mass is 279 g/mol. The third-order valence-electron chi connectivity index (χ3n) is 3.43. The molecule has 2 heteroatoms. The van der Waals surface area contributed by atoms with Crippen LogP contribution in [-0.2, 0) is 5.41 Å². The maximum absolute atomic E-state index is 3.67. The highest BCUT2D eigenvalue weighted by molar-refractivity contribution is 7.98. The normalized spacial score (nSPS) is 13.5. The van der Waals surface area contributed by atoms with E-state index in [4.69, 9.17) is 0 Å². The Morgan fingerprint density at radius 1 is 1.16 bits per heavy atom. The van der Waals surface area contributed by atoms with Gasteiger partial charge in [0.2, 0.25) is 0 Å². The Kier molecular flexibility index (Phi) is 6.95. The van der Waals surface area contributed by atoms with Crippen LogP contribution in [0.2, 0.25) is 0 Å². The van der Waals surface area contributed by atoms with E-state index in [1.54, 1.807) is 0 Å². The largest absolute Gasteiger partial charge is 0.310 e. The number of hydrogen-bond donors (Lipinski definition) is 1. The van der Waals surface area contributed by atoms with Crippen molar-refractivity contribution in [3.05, 3.63) is 35.4 Å². The van der Waals surface area contributed by atoms with Crippen molar-refractivity contribution in [1.82, 2.24) is 5.32 Å². The lowest BCUT2D eigenvalue weighted by atomic mass is 9.86. The molecule has 19 heavy (non-hydrogen) atoms. The molecule has 0 aliphatic carbocycles. The highest BCUT2D eigenvalue weighted by atomic mass is 32.2. The van der Waals surface area contributed by atoms with Crippen molar-refractivity contribution in [2.24, 2.45) is 0 Å². The minimum Gasteiger partial charge on any atom is -0.310 e. The fourth-order valence-corrected chi connectivity index (χ4v) is 2.63. The van der Waals surface area contributed by atoms with Crippen LogP contribution in [0.25, 0.3) is 0 Å². The van der Waals surface area contributed by atoms with Gasteiger partial charge in [0.1, 0.15) is 0 Å². The molecule has 0 aliphatic heterocycles. The molecule has 1 N–H and O–H groups in total. The summed E-state index contributed by atoms with van der Waals surface area (Å²) in [5, 5.41) is 3.67. The molecule has 1 aromatic carbocycles. The summed E-state index contributed by atoms with van der Waals surface area (Å²) in [7, 11) is 0. The second kappa shape index (κ2) is 7.96. The fourth-order valence-electron chi connectivity index (χ4n) is 2.16. The van der Waals surface area contributed by atoms with Gasteiger partial charge in [-0.25, -0.2) is 0 Å². The highest BCUT2D eigenvalue weighted by Crippen LogP contribution is 2.25. The molecule has 108 valence electrons. The number of hydrogen-bond acceptors (Lipinski definition) is 2. The summed E-state index contributed by atoms with van der Waals surface area (Å²) in [5.41, 5.74) is 3.08. The molecule has 0 heterocycles. The van der Waals surface area contributed by atoms with Crippen molar-refractivity contribution >= 4 is 11.8 Å². The maximum atomic E-state index is 3.67. The molecular formula is C17H29NS. The topological polar surface area (TPSA) is 12.0 Å². The van der Waals surface area contributed by atoms with E-state index in [2.05, 4.69) is 63.5 Å². The molecule has 1 aromatic rings. The van der Waals surface area contributed by atoms with Gasteiger partial charge in [0, 0.05) is 6.04 Å². The number of benzene rings is 1. The van der Waals surface area contributed by atoms with Crippen molar-refractivity contribution in [1.29, 1.82) is 0 Å². The van der Waals surface area contributed by atoms with Crippen molar-refractivity contribution in [2.45, 2.75) is 52.0 Å². The smallest absolute Gasteiger partial charge is 0.0328 e. The summed E-state index contributed by atoms with van der Waals surface area (Å²) in [4.78, 5) is 0. The predicted octanol–water partition coefficient (Wildman–Crippen LogP) is 4.78. The Hall–Kier alpha value is -0.470. The van der Waals surface area contributed by atoms with Gasteiger partial charge >= 0.3 is 0 Å². The Balaban J connectivity index is 2.78. The maximum Gasteiger partial charge on any atom is 0.0328 e. The van der Waals surface area contributed by atoms with Crippen LogP contribution in [0.4, 0.5) is 0 Å². The van der Waals surface area contributed by atoms with E-state index in [0.717, 1.165) is 6.54 Å². The van der Waals surface area contributed by atoms with E-state index in [-0.39, 0.29) is 5.41 Å². The lowest BCUT2D eigenvalue weighted by Crippen LogP contribution is -2.23. The van der Waals surface area contributed by atoms with Gasteiger partial charge in [0.15, 0.2) is 0 Å². The van der Waals surface area contributed by atoms with Crippen LogP contribution in [-0.4, -0.2) is 18.6 Å². The molecule has 0 saturated heterocycles. The van der Waals surface area contributed by atoms with E-state index >= 15 is 0 Å². The van der Waals surface area contributed by atoms with E-state index in [1.165, 1.54) is 29.7 Å². The zero-order valence-electron chi connectivity index (χ0n) is 13.1. The van der Waals surface area contributed by atoms with Crippen molar-refractivity contribution in [2.75, 3.05) is 18.6 Å². The standard InChI is InChI=1S/C17H29NS/c1-6-12-18-16(11-13-19-5)14-7-9-15(10-8-14)17(2,3)4/h7-10,16,18H,6,11-13H2,1-5H3. The average molecular weight is 279 g/mol. The Bertz CT molecular complexity index is 343. The van der Waals surface area contributed by atoms with Crippen LogP contribution in [0.5, 0.6) is 0 Å². The summed E-state index contributed by atoms with van der Waals surface area (Å²) in [6.07, 6.45) is 4.57. The van der Waals surface area contributed by atoms with Crippen LogP contribution in [0.1, 0.15) is 57.7 Å². The van der Waals surface area contributed by atoms with E-state index in [0.29, 0.717) is 6.04 Å². The molecule has 0 fully saturated rings. The van der Waals surface area contributed by atoms with Gasteiger partial charge in [0.05, 0.1) is 0 Å². The first-order chi connectivity index (χ1) is 8.99. The molecule has 1 nitrogen and oxygen atoms in total. The predicted molar refractivity (Wildman–Crippen MR) is 89.2 cm³/mol. The Morgan fingerprint density at radius 3 is 2.26 bits per heavy atom. The van der Waals surface area contributed by atoms with Gasteiger partial charge in [-0.15, -0.1) is 0 Å². The van der Waals surface area contributed by atoms with Gasteiger partial charge in [-0.1, -0.05) is 52.0 Å². The lowest BCUT2D eigenvalue weighted by Gasteiger charge is -2.22.